The summed E-state index contributed by atoms with van der Waals surface area (Å²) in [4.78, 5) is 14.1. The minimum Gasteiger partial charge on any atom is -0.493 e. The van der Waals surface area contributed by atoms with Crippen LogP contribution in [-0.2, 0) is 17.8 Å². The highest BCUT2D eigenvalue weighted by Gasteiger charge is 2.23. The fourth-order valence-electron chi connectivity index (χ4n) is 2.86. The van der Waals surface area contributed by atoms with Crippen LogP contribution < -0.4 is 14.2 Å². The van der Waals surface area contributed by atoms with Crippen molar-refractivity contribution in [3.05, 3.63) is 53.3 Å². The van der Waals surface area contributed by atoms with E-state index in [2.05, 4.69) is 0 Å². The van der Waals surface area contributed by atoms with Gasteiger partial charge in [-0.1, -0.05) is 0 Å². The third-order valence-electron chi connectivity index (χ3n) is 4.25. The third-order valence-corrected chi connectivity index (χ3v) is 4.25. The number of nitrogens with zero attached hydrogens (tertiary/aromatic N) is 1. The number of hydrogen-bond donors (Lipinski definition) is 0. The number of carbonyl (C=O) groups excluding carboxylic acids is 1. The topological polar surface area (TPSA) is 48.0 Å². The largest absolute Gasteiger partial charge is 0.493 e. The van der Waals surface area contributed by atoms with E-state index < -0.39 is 0 Å². The maximum absolute atomic E-state index is 12.9. The Morgan fingerprint density at radius 2 is 1.72 bits per heavy atom. The van der Waals surface area contributed by atoms with Gasteiger partial charge in [0.1, 0.15) is 11.6 Å². The van der Waals surface area contributed by atoms with Gasteiger partial charge in [-0.3, -0.25) is 4.79 Å². The fraction of sp³-hybridized carbons (Fsp3) is 0.316. The predicted octanol–water partition coefficient (Wildman–Crippen LogP) is 2.81. The van der Waals surface area contributed by atoms with Gasteiger partial charge in [0.15, 0.2) is 18.1 Å². The van der Waals surface area contributed by atoms with Gasteiger partial charge in [0.05, 0.1) is 14.2 Å². The zero-order chi connectivity index (χ0) is 17.8. The van der Waals surface area contributed by atoms with Crippen LogP contribution in [0.1, 0.15) is 11.1 Å². The molecule has 0 bridgehead atoms. The second-order valence-electron chi connectivity index (χ2n) is 5.78. The molecule has 0 unspecified atom stereocenters. The lowest BCUT2D eigenvalue weighted by Crippen LogP contribution is -2.38. The van der Waals surface area contributed by atoms with Crippen molar-refractivity contribution in [2.75, 3.05) is 27.4 Å². The number of hydrogen-bond acceptors (Lipinski definition) is 4. The normalized spacial score (nSPS) is 13.2. The maximum atomic E-state index is 12.9. The van der Waals surface area contributed by atoms with Crippen molar-refractivity contribution in [3.63, 3.8) is 0 Å². The number of benzene rings is 2. The van der Waals surface area contributed by atoms with E-state index in [0.29, 0.717) is 30.3 Å². The lowest BCUT2D eigenvalue weighted by molar-refractivity contribution is -0.134. The van der Waals surface area contributed by atoms with Gasteiger partial charge in [-0.2, -0.15) is 0 Å². The first-order valence-corrected chi connectivity index (χ1v) is 8.00. The quantitative estimate of drug-likeness (QED) is 0.836. The van der Waals surface area contributed by atoms with E-state index in [1.54, 1.807) is 19.1 Å². The second kappa shape index (κ2) is 7.42. The Morgan fingerprint density at radius 3 is 2.36 bits per heavy atom. The van der Waals surface area contributed by atoms with Crippen LogP contribution in [0.5, 0.6) is 17.2 Å². The summed E-state index contributed by atoms with van der Waals surface area (Å²) < 4.78 is 29.0. The molecule has 0 saturated heterocycles. The highest BCUT2D eigenvalue weighted by molar-refractivity contribution is 5.78. The number of amides is 1. The van der Waals surface area contributed by atoms with Crippen LogP contribution in [0.15, 0.2) is 36.4 Å². The van der Waals surface area contributed by atoms with Crippen LogP contribution in [0, 0.1) is 5.82 Å². The van der Waals surface area contributed by atoms with Gasteiger partial charge in [0.2, 0.25) is 0 Å². The van der Waals surface area contributed by atoms with Crippen molar-refractivity contribution in [1.29, 1.82) is 0 Å². The number of halogens is 1. The van der Waals surface area contributed by atoms with Crippen molar-refractivity contribution < 1.29 is 23.4 Å². The standard InChI is InChI=1S/C19H20FNO4/c1-23-17-9-13-7-8-21(11-14(13)10-18(17)24-2)19(22)12-25-16-5-3-15(20)4-6-16/h3-6,9-10H,7-8,11-12H2,1-2H3. The molecule has 1 aliphatic heterocycles. The molecule has 0 fully saturated rings. The zero-order valence-electron chi connectivity index (χ0n) is 14.3. The smallest absolute Gasteiger partial charge is 0.260 e. The third kappa shape index (κ3) is 3.84. The molecule has 0 N–H and O–H groups in total. The van der Waals surface area contributed by atoms with Gasteiger partial charge in [-0.25, -0.2) is 4.39 Å². The van der Waals surface area contributed by atoms with Gasteiger partial charge >= 0.3 is 0 Å². The first-order valence-electron chi connectivity index (χ1n) is 8.00. The molecule has 3 rings (SSSR count). The van der Waals surface area contributed by atoms with Gasteiger partial charge in [0, 0.05) is 13.1 Å². The molecule has 6 heteroatoms. The summed E-state index contributed by atoms with van der Waals surface area (Å²) in [5.41, 5.74) is 2.19. The van der Waals surface area contributed by atoms with Crippen LogP contribution >= 0.6 is 0 Å². The number of ether oxygens (including phenoxy) is 3. The monoisotopic (exact) mass is 345 g/mol. The van der Waals surface area contributed by atoms with Crippen LogP contribution in [-0.4, -0.2) is 38.2 Å². The van der Waals surface area contributed by atoms with Gasteiger partial charge < -0.3 is 19.1 Å². The van der Waals surface area contributed by atoms with Crippen LogP contribution in [0.4, 0.5) is 4.39 Å². The number of fused-ring (bicyclic) bond motifs is 1. The first-order chi connectivity index (χ1) is 12.1. The molecule has 0 aliphatic carbocycles. The Hall–Kier alpha value is -2.76. The van der Waals surface area contributed by atoms with Crippen LogP contribution in [0.25, 0.3) is 0 Å². The van der Waals surface area contributed by atoms with Gasteiger partial charge in [-0.05, 0) is 53.9 Å². The molecular formula is C19H20FNO4. The summed E-state index contributed by atoms with van der Waals surface area (Å²) >= 11 is 0. The molecule has 2 aromatic carbocycles. The SMILES string of the molecule is COc1cc2c(cc1OC)CN(C(=O)COc1ccc(F)cc1)CC2. The van der Waals surface area contributed by atoms with Crippen molar-refractivity contribution >= 4 is 5.91 Å². The Kier molecular flexibility index (Phi) is 5.07. The molecule has 0 saturated carbocycles. The Bertz CT molecular complexity index is 761. The Labute approximate surface area is 145 Å². The second-order valence-corrected chi connectivity index (χ2v) is 5.78. The molecule has 1 aliphatic rings. The van der Waals surface area contributed by atoms with E-state index in [-0.39, 0.29) is 18.3 Å². The van der Waals surface area contributed by atoms with Gasteiger partial charge in [0.25, 0.3) is 5.91 Å². The molecule has 5 nitrogen and oxygen atoms in total. The van der Waals surface area contributed by atoms with Gasteiger partial charge in [-0.15, -0.1) is 0 Å². The predicted molar refractivity (Wildman–Crippen MR) is 90.6 cm³/mol. The van der Waals surface area contributed by atoms with Crippen molar-refractivity contribution in [3.8, 4) is 17.2 Å². The molecule has 0 spiro atoms. The molecule has 0 aromatic heterocycles. The lowest BCUT2D eigenvalue weighted by Gasteiger charge is -2.29. The number of rotatable bonds is 5. The molecule has 0 atom stereocenters. The van der Waals surface area contributed by atoms with Crippen molar-refractivity contribution in [2.24, 2.45) is 0 Å². The van der Waals surface area contributed by atoms with E-state index in [4.69, 9.17) is 14.2 Å². The van der Waals surface area contributed by atoms with E-state index >= 15 is 0 Å². The van der Waals surface area contributed by atoms with Crippen LogP contribution in [0.3, 0.4) is 0 Å². The van der Waals surface area contributed by atoms with E-state index in [1.807, 2.05) is 12.1 Å². The summed E-state index contributed by atoms with van der Waals surface area (Å²) in [6, 6.07) is 9.49. The summed E-state index contributed by atoms with van der Waals surface area (Å²) in [7, 11) is 3.20. The van der Waals surface area contributed by atoms with E-state index in [0.717, 1.165) is 17.5 Å². The number of methoxy groups -OCH3 is 2. The van der Waals surface area contributed by atoms with Crippen molar-refractivity contribution in [2.45, 2.75) is 13.0 Å². The molecular weight excluding hydrogens is 325 g/mol. The zero-order valence-corrected chi connectivity index (χ0v) is 14.3. The summed E-state index contributed by atoms with van der Waals surface area (Å²) in [6.07, 6.45) is 0.748. The summed E-state index contributed by atoms with van der Waals surface area (Å²) in [5, 5.41) is 0. The molecule has 132 valence electrons. The van der Waals surface area contributed by atoms with Crippen LogP contribution in [0.2, 0.25) is 0 Å². The molecule has 1 amide bonds. The number of carbonyl (C=O) groups is 1. The summed E-state index contributed by atoms with van der Waals surface area (Å²) in [5.74, 6) is 1.37. The lowest BCUT2D eigenvalue weighted by atomic mass is 9.99. The highest BCUT2D eigenvalue weighted by Crippen LogP contribution is 2.33. The minimum absolute atomic E-state index is 0.0751. The van der Waals surface area contributed by atoms with E-state index in [9.17, 15) is 9.18 Å². The molecule has 2 aromatic rings. The highest BCUT2D eigenvalue weighted by atomic mass is 19.1. The fourth-order valence-corrected chi connectivity index (χ4v) is 2.86. The average Bonchev–Trinajstić information content (AvgIpc) is 2.65. The average molecular weight is 345 g/mol. The van der Waals surface area contributed by atoms with E-state index in [1.165, 1.54) is 24.3 Å². The maximum Gasteiger partial charge on any atom is 0.260 e. The summed E-state index contributed by atoms with van der Waals surface area (Å²) in [6.45, 7) is 1.05. The molecule has 25 heavy (non-hydrogen) atoms. The Balaban J connectivity index is 1.65. The van der Waals surface area contributed by atoms with Crippen molar-refractivity contribution in [1.82, 2.24) is 4.90 Å². The first kappa shape index (κ1) is 17.1. The molecule has 1 heterocycles. The minimum atomic E-state index is -0.337. The molecule has 0 radical (unpaired) electrons. The Morgan fingerprint density at radius 1 is 1.08 bits per heavy atom.